The Morgan fingerprint density at radius 2 is 1.81 bits per heavy atom. The Morgan fingerprint density at radius 1 is 1.11 bits per heavy atom. The normalized spacial score (nSPS) is 14.9. The van der Waals surface area contributed by atoms with Gasteiger partial charge in [0.25, 0.3) is 0 Å². The molecule has 144 valence electrons. The number of rotatable bonds is 8. The van der Waals surface area contributed by atoms with Crippen molar-refractivity contribution >= 4 is 21.5 Å². The Bertz CT molecular complexity index is 888. The summed E-state index contributed by atoms with van der Waals surface area (Å²) in [6.45, 7) is 3.69. The van der Waals surface area contributed by atoms with Crippen LogP contribution in [0.15, 0.2) is 53.4 Å². The van der Waals surface area contributed by atoms with Crippen molar-refractivity contribution in [3.8, 4) is 5.75 Å². The number of ketones is 1. The molecule has 0 bridgehead atoms. The first-order valence-electron chi connectivity index (χ1n) is 9.11. The predicted molar refractivity (Wildman–Crippen MR) is 105 cm³/mol. The number of Topliss-reactive ketones (excluding diaryl/α,β-unsaturated/α-hetero) is 1. The lowest BCUT2D eigenvalue weighted by molar-refractivity contribution is 0.101. The fourth-order valence-electron chi connectivity index (χ4n) is 3.03. The van der Waals surface area contributed by atoms with Crippen molar-refractivity contribution in [3.05, 3.63) is 54.1 Å². The van der Waals surface area contributed by atoms with Crippen LogP contribution in [-0.2, 0) is 10.0 Å². The SMILES string of the molecule is CCOc1ccc(NCC(=O)c2cccc(S(=O)(=O)N3CCCC3)c2)cc1. The number of anilines is 1. The van der Waals surface area contributed by atoms with Gasteiger partial charge in [0.15, 0.2) is 5.78 Å². The summed E-state index contributed by atoms with van der Waals surface area (Å²) in [5.41, 5.74) is 1.18. The van der Waals surface area contributed by atoms with Crippen LogP contribution in [0.5, 0.6) is 5.75 Å². The van der Waals surface area contributed by atoms with E-state index in [1.54, 1.807) is 18.2 Å². The minimum absolute atomic E-state index is 0.0845. The van der Waals surface area contributed by atoms with E-state index in [1.165, 1.54) is 10.4 Å². The van der Waals surface area contributed by atoms with Crippen molar-refractivity contribution in [1.82, 2.24) is 4.31 Å². The van der Waals surface area contributed by atoms with Crippen LogP contribution in [0, 0.1) is 0 Å². The third kappa shape index (κ3) is 4.67. The average Bonchev–Trinajstić information content (AvgIpc) is 3.23. The molecule has 1 heterocycles. The van der Waals surface area contributed by atoms with Gasteiger partial charge in [0, 0.05) is 24.3 Å². The van der Waals surface area contributed by atoms with Crippen molar-refractivity contribution in [2.75, 3.05) is 31.6 Å². The summed E-state index contributed by atoms with van der Waals surface area (Å²) in [6, 6.07) is 13.6. The molecule has 0 atom stereocenters. The average molecular weight is 388 g/mol. The van der Waals surface area contributed by atoms with Gasteiger partial charge in [-0.1, -0.05) is 12.1 Å². The standard InChI is InChI=1S/C20H24N2O4S/c1-2-26-18-10-8-17(9-11-18)21-15-20(23)16-6-5-7-19(14-16)27(24,25)22-12-3-4-13-22/h5-11,14,21H,2-4,12-13,15H2,1H3. The van der Waals surface area contributed by atoms with Crippen molar-refractivity contribution in [1.29, 1.82) is 0 Å². The van der Waals surface area contributed by atoms with E-state index in [0.717, 1.165) is 24.3 Å². The van der Waals surface area contributed by atoms with Crippen LogP contribution < -0.4 is 10.1 Å². The molecule has 1 fully saturated rings. The van der Waals surface area contributed by atoms with Crippen molar-refractivity contribution in [2.24, 2.45) is 0 Å². The van der Waals surface area contributed by atoms with E-state index in [9.17, 15) is 13.2 Å². The number of nitrogens with zero attached hydrogens (tertiary/aromatic N) is 1. The van der Waals surface area contributed by atoms with Crippen LogP contribution in [0.25, 0.3) is 0 Å². The summed E-state index contributed by atoms with van der Waals surface area (Å²) in [5.74, 6) is 0.608. The second kappa shape index (κ2) is 8.54. The quantitative estimate of drug-likeness (QED) is 0.703. The van der Waals surface area contributed by atoms with E-state index >= 15 is 0 Å². The highest BCUT2D eigenvalue weighted by Crippen LogP contribution is 2.22. The first kappa shape index (κ1) is 19.4. The highest BCUT2D eigenvalue weighted by Gasteiger charge is 2.27. The van der Waals surface area contributed by atoms with Gasteiger partial charge >= 0.3 is 0 Å². The molecular weight excluding hydrogens is 364 g/mol. The maximum Gasteiger partial charge on any atom is 0.243 e. The van der Waals surface area contributed by atoms with Crippen LogP contribution in [0.2, 0.25) is 0 Å². The smallest absolute Gasteiger partial charge is 0.243 e. The molecule has 1 N–H and O–H groups in total. The predicted octanol–water partition coefficient (Wildman–Crippen LogP) is 3.16. The van der Waals surface area contributed by atoms with Gasteiger partial charge in [-0.3, -0.25) is 4.79 Å². The molecule has 0 aromatic heterocycles. The largest absolute Gasteiger partial charge is 0.494 e. The van der Waals surface area contributed by atoms with Crippen molar-refractivity contribution < 1.29 is 17.9 Å². The zero-order valence-electron chi connectivity index (χ0n) is 15.3. The zero-order valence-corrected chi connectivity index (χ0v) is 16.2. The number of sulfonamides is 1. The summed E-state index contributed by atoms with van der Waals surface area (Å²) >= 11 is 0. The van der Waals surface area contributed by atoms with Crippen LogP contribution in [0.4, 0.5) is 5.69 Å². The highest BCUT2D eigenvalue weighted by molar-refractivity contribution is 7.89. The van der Waals surface area contributed by atoms with Gasteiger partial charge in [0.05, 0.1) is 18.0 Å². The molecule has 27 heavy (non-hydrogen) atoms. The van der Waals surface area contributed by atoms with Crippen molar-refractivity contribution in [3.63, 3.8) is 0 Å². The van der Waals surface area contributed by atoms with Gasteiger partial charge in [0.1, 0.15) is 5.75 Å². The van der Waals surface area contributed by atoms with E-state index in [2.05, 4.69) is 5.32 Å². The number of benzene rings is 2. The van der Waals surface area contributed by atoms with Crippen LogP contribution in [-0.4, -0.2) is 44.7 Å². The number of carbonyl (C=O) groups excluding carboxylic acids is 1. The molecule has 0 unspecified atom stereocenters. The first-order valence-corrected chi connectivity index (χ1v) is 10.5. The molecular formula is C20H24N2O4S. The molecule has 2 aromatic rings. The van der Waals surface area contributed by atoms with Crippen molar-refractivity contribution in [2.45, 2.75) is 24.7 Å². The third-order valence-corrected chi connectivity index (χ3v) is 6.37. The Kier molecular flexibility index (Phi) is 6.13. The third-order valence-electron chi connectivity index (χ3n) is 4.48. The second-order valence-corrected chi connectivity index (χ2v) is 8.31. The maximum absolute atomic E-state index is 12.7. The molecule has 7 heteroatoms. The van der Waals surface area contributed by atoms with Gasteiger partial charge in [-0.2, -0.15) is 4.31 Å². The Morgan fingerprint density at radius 3 is 2.48 bits per heavy atom. The molecule has 1 aliphatic heterocycles. The van der Waals surface area contributed by atoms with Gasteiger partial charge < -0.3 is 10.1 Å². The van der Waals surface area contributed by atoms with Gasteiger partial charge in [-0.05, 0) is 56.2 Å². The number of carbonyl (C=O) groups is 1. The van der Waals surface area contributed by atoms with Gasteiger partial charge in [0.2, 0.25) is 10.0 Å². The monoisotopic (exact) mass is 388 g/mol. The molecule has 3 rings (SSSR count). The molecule has 2 aromatic carbocycles. The Labute approximate surface area is 160 Å². The number of nitrogens with one attached hydrogen (secondary N) is 1. The lowest BCUT2D eigenvalue weighted by Crippen LogP contribution is -2.28. The number of hydrogen-bond acceptors (Lipinski definition) is 5. The summed E-state index contributed by atoms with van der Waals surface area (Å²) in [6.07, 6.45) is 1.76. The molecule has 6 nitrogen and oxygen atoms in total. The van der Waals surface area contributed by atoms with Crippen LogP contribution in [0.3, 0.4) is 0 Å². The highest BCUT2D eigenvalue weighted by atomic mass is 32.2. The minimum atomic E-state index is -3.53. The van der Waals surface area contributed by atoms with E-state index in [1.807, 2.05) is 31.2 Å². The minimum Gasteiger partial charge on any atom is -0.494 e. The van der Waals surface area contributed by atoms with E-state index in [4.69, 9.17) is 4.74 Å². The first-order chi connectivity index (χ1) is 13.0. The molecule has 1 aliphatic rings. The van der Waals surface area contributed by atoms with E-state index < -0.39 is 10.0 Å². The number of hydrogen-bond donors (Lipinski definition) is 1. The van der Waals surface area contributed by atoms with Gasteiger partial charge in [-0.25, -0.2) is 8.42 Å². The van der Waals surface area contributed by atoms with Gasteiger partial charge in [-0.15, -0.1) is 0 Å². The molecule has 0 amide bonds. The topological polar surface area (TPSA) is 75.7 Å². The van der Waals surface area contributed by atoms with Crippen LogP contribution >= 0.6 is 0 Å². The second-order valence-electron chi connectivity index (χ2n) is 6.37. The fourth-order valence-corrected chi connectivity index (χ4v) is 4.59. The lowest BCUT2D eigenvalue weighted by atomic mass is 10.1. The van der Waals surface area contributed by atoms with E-state index in [-0.39, 0.29) is 17.2 Å². The summed E-state index contributed by atoms with van der Waals surface area (Å²) in [5, 5.41) is 3.06. The summed E-state index contributed by atoms with van der Waals surface area (Å²) < 4.78 is 32.2. The molecule has 0 aliphatic carbocycles. The van der Waals surface area contributed by atoms with E-state index in [0.29, 0.717) is 25.3 Å². The van der Waals surface area contributed by atoms with Crippen LogP contribution in [0.1, 0.15) is 30.1 Å². The molecule has 0 radical (unpaired) electrons. The Hall–Kier alpha value is -2.38. The lowest BCUT2D eigenvalue weighted by Gasteiger charge is -2.16. The summed E-state index contributed by atoms with van der Waals surface area (Å²) in [4.78, 5) is 12.7. The summed E-state index contributed by atoms with van der Waals surface area (Å²) in [7, 11) is -3.53. The molecule has 1 saturated heterocycles. The maximum atomic E-state index is 12.7. The Balaban J connectivity index is 1.66. The number of ether oxygens (including phenoxy) is 1. The molecule has 0 spiro atoms. The fraction of sp³-hybridized carbons (Fsp3) is 0.350. The molecule has 0 saturated carbocycles. The zero-order chi connectivity index (χ0) is 19.3.